The zero-order valence-electron chi connectivity index (χ0n) is 15.6. The van der Waals surface area contributed by atoms with Gasteiger partial charge in [-0.2, -0.15) is 0 Å². The molecular weight excluding hydrogens is 290 g/mol. The smallest absolute Gasteiger partial charge is 0.307 e. The van der Waals surface area contributed by atoms with Crippen LogP contribution in [-0.4, -0.2) is 36.0 Å². The van der Waals surface area contributed by atoms with E-state index in [2.05, 4.69) is 27.7 Å². The second-order valence-corrected chi connectivity index (χ2v) is 7.46. The summed E-state index contributed by atoms with van der Waals surface area (Å²) in [7, 11) is 0. The first kappa shape index (κ1) is 20.0. The van der Waals surface area contributed by atoms with Crippen LogP contribution in [0.5, 0.6) is 0 Å². The first-order valence-corrected chi connectivity index (χ1v) is 9.30. The molecule has 0 spiro atoms. The SMILES string of the molecule is CCCCN(CCC(=O)O[C@@H]1C[C@H](C)CC[C@H]1C(C)C)C(C)=O. The van der Waals surface area contributed by atoms with Crippen molar-refractivity contribution in [1.82, 2.24) is 4.90 Å². The molecule has 0 radical (unpaired) electrons. The van der Waals surface area contributed by atoms with E-state index in [1.807, 2.05) is 0 Å². The van der Waals surface area contributed by atoms with E-state index in [4.69, 9.17) is 4.74 Å². The van der Waals surface area contributed by atoms with E-state index in [-0.39, 0.29) is 18.0 Å². The van der Waals surface area contributed by atoms with Crippen LogP contribution in [0.2, 0.25) is 0 Å². The number of unbranched alkanes of at least 4 members (excludes halogenated alkanes) is 1. The Morgan fingerprint density at radius 2 is 1.91 bits per heavy atom. The Kier molecular flexibility index (Phi) is 8.64. The van der Waals surface area contributed by atoms with Crippen molar-refractivity contribution in [3.63, 3.8) is 0 Å². The molecule has 1 fully saturated rings. The number of hydrogen-bond donors (Lipinski definition) is 0. The number of carbonyl (C=O) groups is 2. The summed E-state index contributed by atoms with van der Waals surface area (Å²) in [6.45, 7) is 11.5. The van der Waals surface area contributed by atoms with Gasteiger partial charge in [0.1, 0.15) is 6.10 Å². The highest BCUT2D eigenvalue weighted by Gasteiger charge is 2.33. The average Bonchev–Trinajstić information content (AvgIpc) is 2.46. The standard InChI is InChI=1S/C19H35NO3/c1-6-7-11-20(16(5)21)12-10-19(22)23-18-13-15(4)8-9-17(18)14(2)3/h14-15,17-18H,6-13H2,1-5H3/t15-,17+,18-/m1/s1. The lowest BCUT2D eigenvalue weighted by atomic mass is 9.75. The van der Waals surface area contributed by atoms with Crippen molar-refractivity contribution in [2.75, 3.05) is 13.1 Å². The Labute approximate surface area is 141 Å². The Bertz CT molecular complexity index is 381. The number of amides is 1. The lowest BCUT2D eigenvalue weighted by Crippen LogP contribution is -2.37. The van der Waals surface area contributed by atoms with Crippen LogP contribution in [0.1, 0.15) is 73.1 Å². The van der Waals surface area contributed by atoms with Gasteiger partial charge in [-0.25, -0.2) is 0 Å². The van der Waals surface area contributed by atoms with Gasteiger partial charge in [-0.15, -0.1) is 0 Å². The largest absolute Gasteiger partial charge is 0.462 e. The summed E-state index contributed by atoms with van der Waals surface area (Å²) >= 11 is 0. The molecule has 1 aliphatic rings. The van der Waals surface area contributed by atoms with Gasteiger partial charge >= 0.3 is 5.97 Å². The maximum atomic E-state index is 12.2. The molecule has 0 N–H and O–H groups in total. The second kappa shape index (κ2) is 9.94. The average molecular weight is 325 g/mol. The monoisotopic (exact) mass is 325 g/mol. The van der Waals surface area contributed by atoms with Gasteiger partial charge in [0.15, 0.2) is 0 Å². The molecule has 0 bridgehead atoms. The summed E-state index contributed by atoms with van der Waals surface area (Å²) < 4.78 is 5.79. The van der Waals surface area contributed by atoms with E-state index < -0.39 is 0 Å². The Balaban J connectivity index is 2.48. The predicted molar refractivity (Wildman–Crippen MR) is 93.0 cm³/mol. The summed E-state index contributed by atoms with van der Waals surface area (Å²) in [5.41, 5.74) is 0. The number of carbonyl (C=O) groups excluding carboxylic acids is 2. The van der Waals surface area contributed by atoms with Crippen LogP contribution in [0.4, 0.5) is 0 Å². The maximum Gasteiger partial charge on any atom is 0.307 e. The first-order valence-electron chi connectivity index (χ1n) is 9.30. The summed E-state index contributed by atoms with van der Waals surface area (Å²) in [6.07, 6.45) is 5.72. The van der Waals surface area contributed by atoms with Crippen molar-refractivity contribution >= 4 is 11.9 Å². The normalized spacial score (nSPS) is 24.5. The zero-order chi connectivity index (χ0) is 17.4. The van der Waals surface area contributed by atoms with Crippen LogP contribution in [0.25, 0.3) is 0 Å². The number of nitrogens with zero attached hydrogens (tertiary/aromatic N) is 1. The lowest BCUT2D eigenvalue weighted by molar-refractivity contribution is -0.156. The van der Waals surface area contributed by atoms with Crippen molar-refractivity contribution in [3.8, 4) is 0 Å². The van der Waals surface area contributed by atoms with Crippen LogP contribution in [0, 0.1) is 17.8 Å². The van der Waals surface area contributed by atoms with Gasteiger partial charge in [0.05, 0.1) is 6.42 Å². The molecule has 0 aromatic rings. The van der Waals surface area contributed by atoms with Crippen molar-refractivity contribution in [2.45, 2.75) is 79.2 Å². The van der Waals surface area contributed by atoms with Gasteiger partial charge in [0.2, 0.25) is 5.91 Å². The fraction of sp³-hybridized carbons (Fsp3) is 0.895. The van der Waals surface area contributed by atoms with Gasteiger partial charge in [0.25, 0.3) is 0 Å². The van der Waals surface area contributed by atoms with E-state index in [1.165, 1.54) is 6.42 Å². The quantitative estimate of drug-likeness (QED) is 0.633. The minimum atomic E-state index is -0.155. The molecule has 1 aliphatic carbocycles. The third-order valence-electron chi connectivity index (χ3n) is 5.06. The Hall–Kier alpha value is -1.06. The topological polar surface area (TPSA) is 46.6 Å². The van der Waals surface area contributed by atoms with E-state index in [1.54, 1.807) is 11.8 Å². The maximum absolute atomic E-state index is 12.2. The Morgan fingerprint density at radius 3 is 2.48 bits per heavy atom. The molecule has 0 aliphatic heterocycles. The molecule has 4 heteroatoms. The van der Waals surface area contributed by atoms with Gasteiger partial charge in [-0.3, -0.25) is 9.59 Å². The van der Waals surface area contributed by atoms with Crippen LogP contribution >= 0.6 is 0 Å². The number of rotatable bonds is 8. The number of esters is 1. The first-order chi connectivity index (χ1) is 10.8. The summed E-state index contributed by atoms with van der Waals surface area (Å²) in [5, 5.41) is 0. The van der Waals surface area contributed by atoms with E-state index >= 15 is 0 Å². The minimum absolute atomic E-state index is 0.0394. The summed E-state index contributed by atoms with van der Waals surface area (Å²) in [6, 6.07) is 0. The van der Waals surface area contributed by atoms with E-state index in [0.29, 0.717) is 30.7 Å². The Morgan fingerprint density at radius 1 is 1.22 bits per heavy atom. The third kappa shape index (κ3) is 6.92. The zero-order valence-corrected chi connectivity index (χ0v) is 15.6. The summed E-state index contributed by atoms with van der Waals surface area (Å²) in [5.74, 6) is 1.52. The minimum Gasteiger partial charge on any atom is -0.462 e. The number of hydrogen-bond acceptors (Lipinski definition) is 3. The van der Waals surface area contributed by atoms with Crippen molar-refractivity contribution in [2.24, 2.45) is 17.8 Å². The van der Waals surface area contributed by atoms with Gasteiger partial charge < -0.3 is 9.64 Å². The van der Waals surface area contributed by atoms with Gasteiger partial charge in [-0.1, -0.05) is 40.5 Å². The highest BCUT2D eigenvalue weighted by molar-refractivity contribution is 5.75. The molecule has 23 heavy (non-hydrogen) atoms. The van der Waals surface area contributed by atoms with Crippen molar-refractivity contribution in [1.29, 1.82) is 0 Å². The molecule has 3 atom stereocenters. The van der Waals surface area contributed by atoms with Crippen molar-refractivity contribution in [3.05, 3.63) is 0 Å². The molecular formula is C19H35NO3. The third-order valence-corrected chi connectivity index (χ3v) is 5.06. The van der Waals surface area contributed by atoms with Crippen LogP contribution in [0.15, 0.2) is 0 Å². The lowest BCUT2D eigenvalue weighted by Gasteiger charge is -2.36. The molecule has 0 unspecified atom stereocenters. The molecule has 134 valence electrons. The fourth-order valence-electron chi connectivity index (χ4n) is 3.48. The molecule has 4 nitrogen and oxygen atoms in total. The van der Waals surface area contributed by atoms with E-state index in [9.17, 15) is 9.59 Å². The molecule has 1 amide bonds. The van der Waals surface area contributed by atoms with Gasteiger partial charge in [0, 0.05) is 20.0 Å². The molecule has 0 saturated heterocycles. The molecule has 0 aromatic carbocycles. The van der Waals surface area contributed by atoms with Crippen LogP contribution < -0.4 is 0 Å². The molecule has 1 rings (SSSR count). The molecule has 0 aromatic heterocycles. The predicted octanol–water partition coefficient (Wildman–Crippen LogP) is 4.03. The highest BCUT2D eigenvalue weighted by Crippen LogP contribution is 2.35. The van der Waals surface area contributed by atoms with Gasteiger partial charge in [-0.05, 0) is 37.0 Å². The summed E-state index contributed by atoms with van der Waals surface area (Å²) in [4.78, 5) is 25.6. The molecule has 1 saturated carbocycles. The number of ether oxygens (including phenoxy) is 1. The fourth-order valence-corrected chi connectivity index (χ4v) is 3.48. The second-order valence-electron chi connectivity index (χ2n) is 7.46. The highest BCUT2D eigenvalue weighted by atomic mass is 16.5. The van der Waals surface area contributed by atoms with E-state index in [0.717, 1.165) is 32.2 Å². The van der Waals surface area contributed by atoms with Crippen molar-refractivity contribution < 1.29 is 14.3 Å². The molecule has 0 heterocycles. The van der Waals surface area contributed by atoms with Crippen LogP contribution in [0.3, 0.4) is 0 Å². The van der Waals surface area contributed by atoms with Crippen LogP contribution in [-0.2, 0) is 14.3 Å².